The fourth-order valence-electron chi connectivity index (χ4n) is 2.99. The molecule has 1 aliphatic rings. The molecule has 0 aliphatic heterocycles. The highest BCUT2D eigenvalue weighted by Crippen LogP contribution is 2.27. The van der Waals surface area contributed by atoms with Gasteiger partial charge in [0.25, 0.3) is 0 Å². The molecule has 1 atom stereocenters. The fraction of sp³-hybridized carbons (Fsp3) is 0.800. The molecule has 18 heavy (non-hydrogen) atoms. The van der Waals surface area contributed by atoms with Crippen LogP contribution in [0.2, 0.25) is 0 Å². The molecule has 0 saturated heterocycles. The van der Waals surface area contributed by atoms with Crippen molar-refractivity contribution in [2.45, 2.75) is 72.0 Å². The Hall–Kier alpha value is -0.830. The number of aryl methyl sites for hydroxylation is 2. The first-order valence-electron chi connectivity index (χ1n) is 7.53. The molecule has 0 unspecified atom stereocenters. The lowest BCUT2D eigenvalue weighted by Crippen LogP contribution is -2.32. The van der Waals surface area contributed by atoms with Crippen LogP contribution in [0.25, 0.3) is 0 Å². The molecule has 0 amide bonds. The Labute approximate surface area is 111 Å². The summed E-state index contributed by atoms with van der Waals surface area (Å²) in [6.07, 6.45) is 6.67. The van der Waals surface area contributed by atoms with Gasteiger partial charge in [0.15, 0.2) is 0 Å². The highest BCUT2D eigenvalue weighted by atomic mass is 15.3. The molecule has 3 heteroatoms. The van der Waals surface area contributed by atoms with Gasteiger partial charge in [0.05, 0.1) is 11.4 Å². The Morgan fingerprint density at radius 2 is 2.11 bits per heavy atom. The average molecular weight is 249 g/mol. The molecule has 1 N–H and O–H groups in total. The Bertz CT molecular complexity index is 364. The lowest BCUT2D eigenvalue weighted by Gasteiger charge is -2.20. The third-order valence-electron chi connectivity index (χ3n) is 4.29. The van der Waals surface area contributed by atoms with E-state index < -0.39 is 0 Å². The van der Waals surface area contributed by atoms with Crippen LogP contribution in [0.15, 0.2) is 6.07 Å². The highest BCUT2D eigenvalue weighted by Gasteiger charge is 2.21. The van der Waals surface area contributed by atoms with Crippen molar-refractivity contribution in [2.24, 2.45) is 5.92 Å². The maximum atomic E-state index is 4.60. The Kier molecular flexibility index (Phi) is 4.81. The largest absolute Gasteiger partial charge is 0.308 e. The Morgan fingerprint density at radius 3 is 2.72 bits per heavy atom. The van der Waals surface area contributed by atoms with Gasteiger partial charge in [-0.1, -0.05) is 19.8 Å². The SMILES string of the molecule is CCc1cc(CN[C@H](C)C2CCCC2)n(CC)n1. The molecular weight excluding hydrogens is 222 g/mol. The molecule has 1 aliphatic carbocycles. The van der Waals surface area contributed by atoms with E-state index in [-0.39, 0.29) is 0 Å². The van der Waals surface area contributed by atoms with Gasteiger partial charge in [-0.3, -0.25) is 4.68 Å². The lowest BCUT2D eigenvalue weighted by atomic mass is 10.00. The van der Waals surface area contributed by atoms with Gasteiger partial charge in [-0.05, 0) is 45.1 Å². The van der Waals surface area contributed by atoms with Gasteiger partial charge >= 0.3 is 0 Å². The van der Waals surface area contributed by atoms with Gasteiger partial charge in [-0.2, -0.15) is 5.10 Å². The molecule has 3 nitrogen and oxygen atoms in total. The molecule has 1 saturated carbocycles. The molecule has 1 fully saturated rings. The van der Waals surface area contributed by atoms with Crippen LogP contribution in [0, 0.1) is 5.92 Å². The van der Waals surface area contributed by atoms with Crippen molar-refractivity contribution in [1.29, 1.82) is 0 Å². The van der Waals surface area contributed by atoms with Crippen molar-refractivity contribution in [3.05, 3.63) is 17.5 Å². The first kappa shape index (κ1) is 13.6. The standard InChI is InChI=1S/C15H27N3/c1-4-14-10-15(18(5-2)17-14)11-16-12(3)13-8-6-7-9-13/h10,12-13,16H,4-9,11H2,1-3H3/t12-/m1/s1. The minimum atomic E-state index is 0.637. The van der Waals surface area contributed by atoms with E-state index in [1.807, 2.05) is 0 Å². The monoisotopic (exact) mass is 249 g/mol. The fourth-order valence-corrected chi connectivity index (χ4v) is 2.99. The normalized spacial score (nSPS) is 18.4. The van der Waals surface area contributed by atoms with E-state index in [0.29, 0.717) is 6.04 Å². The summed E-state index contributed by atoms with van der Waals surface area (Å²) in [6.45, 7) is 8.59. The quantitative estimate of drug-likeness (QED) is 0.839. The summed E-state index contributed by atoms with van der Waals surface area (Å²) >= 11 is 0. The second kappa shape index (κ2) is 6.37. The van der Waals surface area contributed by atoms with Crippen LogP contribution in [-0.2, 0) is 19.5 Å². The molecular formula is C15H27N3. The highest BCUT2D eigenvalue weighted by molar-refractivity contribution is 5.10. The lowest BCUT2D eigenvalue weighted by molar-refractivity contribution is 0.375. The molecule has 102 valence electrons. The minimum Gasteiger partial charge on any atom is -0.308 e. The van der Waals surface area contributed by atoms with E-state index in [2.05, 4.69) is 41.9 Å². The van der Waals surface area contributed by atoms with Gasteiger partial charge < -0.3 is 5.32 Å². The maximum absolute atomic E-state index is 4.60. The summed E-state index contributed by atoms with van der Waals surface area (Å²) in [7, 11) is 0. The van der Waals surface area contributed by atoms with Crippen molar-refractivity contribution >= 4 is 0 Å². The number of hydrogen-bond acceptors (Lipinski definition) is 2. The smallest absolute Gasteiger partial charge is 0.0625 e. The van der Waals surface area contributed by atoms with Crippen LogP contribution < -0.4 is 5.32 Å². The van der Waals surface area contributed by atoms with Crippen molar-refractivity contribution in [2.75, 3.05) is 0 Å². The summed E-state index contributed by atoms with van der Waals surface area (Å²) in [5.41, 5.74) is 2.54. The molecule has 0 radical (unpaired) electrons. The van der Waals surface area contributed by atoms with Gasteiger partial charge in [0.1, 0.15) is 0 Å². The van der Waals surface area contributed by atoms with Crippen LogP contribution in [0.1, 0.15) is 57.8 Å². The summed E-state index contributed by atoms with van der Waals surface area (Å²) in [6, 6.07) is 2.88. The topological polar surface area (TPSA) is 29.9 Å². The van der Waals surface area contributed by atoms with Gasteiger partial charge in [-0.25, -0.2) is 0 Å². The average Bonchev–Trinajstić information content (AvgIpc) is 3.04. The molecule has 1 aromatic rings. The van der Waals surface area contributed by atoms with E-state index in [1.54, 1.807) is 0 Å². The third kappa shape index (κ3) is 3.14. The first-order chi connectivity index (χ1) is 8.74. The van der Waals surface area contributed by atoms with Crippen LogP contribution in [0.3, 0.4) is 0 Å². The summed E-state index contributed by atoms with van der Waals surface area (Å²) in [5, 5.41) is 8.29. The van der Waals surface area contributed by atoms with Crippen molar-refractivity contribution < 1.29 is 0 Å². The summed E-state index contributed by atoms with van der Waals surface area (Å²) in [5.74, 6) is 0.883. The van der Waals surface area contributed by atoms with Crippen LogP contribution in [0.4, 0.5) is 0 Å². The van der Waals surface area contributed by atoms with Gasteiger partial charge in [0, 0.05) is 19.1 Å². The molecule has 0 spiro atoms. The first-order valence-corrected chi connectivity index (χ1v) is 7.53. The van der Waals surface area contributed by atoms with E-state index in [9.17, 15) is 0 Å². The summed E-state index contributed by atoms with van der Waals surface area (Å²) < 4.78 is 2.13. The maximum Gasteiger partial charge on any atom is 0.0625 e. The third-order valence-corrected chi connectivity index (χ3v) is 4.29. The zero-order valence-electron chi connectivity index (χ0n) is 12.1. The number of rotatable bonds is 6. The number of nitrogens with zero attached hydrogens (tertiary/aromatic N) is 2. The van der Waals surface area contributed by atoms with Gasteiger partial charge in [-0.15, -0.1) is 0 Å². The number of hydrogen-bond donors (Lipinski definition) is 1. The van der Waals surface area contributed by atoms with E-state index >= 15 is 0 Å². The Balaban J connectivity index is 1.90. The minimum absolute atomic E-state index is 0.637. The number of aromatic nitrogens is 2. The molecule has 1 heterocycles. The molecule has 1 aromatic heterocycles. The zero-order chi connectivity index (χ0) is 13.0. The summed E-state index contributed by atoms with van der Waals surface area (Å²) in [4.78, 5) is 0. The van der Waals surface area contributed by atoms with Crippen LogP contribution >= 0.6 is 0 Å². The van der Waals surface area contributed by atoms with Gasteiger partial charge in [0.2, 0.25) is 0 Å². The number of nitrogens with one attached hydrogen (secondary N) is 1. The molecule has 0 aromatic carbocycles. The van der Waals surface area contributed by atoms with Crippen LogP contribution in [-0.4, -0.2) is 15.8 Å². The molecule has 0 bridgehead atoms. The zero-order valence-corrected chi connectivity index (χ0v) is 12.1. The van der Waals surface area contributed by atoms with Crippen molar-refractivity contribution in [3.8, 4) is 0 Å². The molecule has 2 rings (SSSR count). The van der Waals surface area contributed by atoms with Crippen molar-refractivity contribution in [3.63, 3.8) is 0 Å². The second-order valence-corrected chi connectivity index (χ2v) is 5.51. The second-order valence-electron chi connectivity index (χ2n) is 5.51. The predicted octanol–water partition coefficient (Wildman–Crippen LogP) is 3.13. The van der Waals surface area contributed by atoms with E-state index in [4.69, 9.17) is 0 Å². The van der Waals surface area contributed by atoms with Crippen LogP contribution in [0.5, 0.6) is 0 Å². The van der Waals surface area contributed by atoms with E-state index in [1.165, 1.54) is 37.1 Å². The Morgan fingerprint density at radius 1 is 1.39 bits per heavy atom. The predicted molar refractivity (Wildman–Crippen MR) is 75.5 cm³/mol. The van der Waals surface area contributed by atoms with E-state index in [0.717, 1.165) is 25.4 Å². The van der Waals surface area contributed by atoms with Crippen molar-refractivity contribution in [1.82, 2.24) is 15.1 Å².